The van der Waals surface area contributed by atoms with Crippen LogP contribution >= 0.6 is 0 Å². The van der Waals surface area contributed by atoms with Crippen LogP contribution in [-0.4, -0.2) is 17.8 Å². The Morgan fingerprint density at radius 2 is 1.72 bits per heavy atom. The van der Waals surface area contributed by atoms with Crippen molar-refractivity contribution in [2.45, 2.75) is 20.0 Å². The highest BCUT2D eigenvalue weighted by Gasteiger charge is 2.28. The number of para-hydroxylation sites is 1. The summed E-state index contributed by atoms with van der Waals surface area (Å²) >= 11 is 0. The molecule has 2 rings (SSSR count). The summed E-state index contributed by atoms with van der Waals surface area (Å²) in [5.74, 6) is -0.0176. The first-order valence-corrected chi connectivity index (χ1v) is 5.60. The molecule has 0 amide bonds. The number of pyridine rings is 1. The van der Waals surface area contributed by atoms with Crippen molar-refractivity contribution in [2.24, 2.45) is 0 Å². The van der Waals surface area contributed by atoms with Gasteiger partial charge in [0.25, 0.3) is 0 Å². The van der Waals surface area contributed by atoms with Gasteiger partial charge in [-0.1, -0.05) is 32.0 Å². The van der Waals surface area contributed by atoms with Gasteiger partial charge >= 0.3 is 6.18 Å². The van der Waals surface area contributed by atoms with Crippen molar-refractivity contribution in [3.8, 4) is 5.88 Å². The van der Waals surface area contributed by atoms with Crippen molar-refractivity contribution < 1.29 is 17.9 Å². The zero-order valence-corrected chi connectivity index (χ0v) is 10.2. The largest absolute Gasteiger partial charge is 0.468 e. The second kappa shape index (κ2) is 6.23. The maximum Gasteiger partial charge on any atom is 0.422 e. The minimum Gasteiger partial charge on any atom is -0.468 e. The van der Waals surface area contributed by atoms with Crippen LogP contribution < -0.4 is 4.74 Å². The Balaban J connectivity index is 0.000000771. The van der Waals surface area contributed by atoms with Gasteiger partial charge in [0.2, 0.25) is 5.88 Å². The first-order valence-electron chi connectivity index (χ1n) is 5.60. The molecular weight excluding hydrogens is 243 g/mol. The molecule has 0 saturated heterocycles. The number of halogens is 3. The third-order valence-corrected chi connectivity index (χ3v) is 1.96. The van der Waals surface area contributed by atoms with Crippen LogP contribution in [0.1, 0.15) is 13.8 Å². The Labute approximate surface area is 103 Å². The fourth-order valence-electron chi connectivity index (χ4n) is 1.28. The zero-order chi connectivity index (χ0) is 13.6. The number of rotatable bonds is 2. The van der Waals surface area contributed by atoms with Gasteiger partial charge in [-0.15, -0.1) is 0 Å². The Hall–Kier alpha value is -1.78. The second-order valence-corrected chi connectivity index (χ2v) is 3.25. The van der Waals surface area contributed by atoms with E-state index in [1.807, 2.05) is 26.0 Å². The first-order chi connectivity index (χ1) is 8.54. The van der Waals surface area contributed by atoms with Crippen LogP contribution in [0.15, 0.2) is 36.4 Å². The normalized spacial score (nSPS) is 10.7. The van der Waals surface area contributed by atoms with E-state index in [2.05, 4.69) is 9.72 Å². The minimum atomic E-state index is -4.34. The van der Waals surface area contributed by atoms with Crippen LogP contribution in [0.25, 0.3) is 10.9 Å². The van der Waals surface area contributed by atoms with Crippen LogP contribution in [0.4, 0.5) is 13.2 Å². The molecule has 0 saturated carbocycles. The standard InChI is InChI=1S/C11H8F3NO.C2H6/c12-11(13,14)7-16-10-6-5-8-3-1-2-4-9(8)15-10;1-2/h1-6H,7H2;1-2H3. The van der Waals surface area contributed by atoms with Crippen molar-refractivity contribution >= 4 is 10.9 Å². The lowest BCUT2D eigenvalue weighted by atomic mass is 10.2. The number of fused-ring (bicyclic) bond motifs is 1. The van der Waals surface area contributed by atoms with E-state index in [-0.39, 0.29) is 5.88 Å². The van der Waals surface area contributed by atoms with E-state index in [4.69, 9.17) is 0 Å². The van der Waals surface area contributed by atoms with Gasteiger partial charge in [-0.05, 0) is 12.1 Å². The molecule has 2 aromatic rings. The molecule has 0 spiro atoms. The van der Waals surface area contributed by atoms with Gasteiger partial charge in [-0.25, -0.2) is 4.98 Å². The van der Waals surface area contributed by atoms with E-state index in [0.29, 0.717) is 5.52 Å². The highest BCUT2D eigenvalue weighted by molar-refractivity contribution is 5.78. The lowest BCUT2D eigenvalue weighted by Crippen LogP contribution is -2.19. The molecule has 1 aromatic carbocycles. The van der Waals surface area contributed by atoms with Crippen molar-refractivity contribution in [1.29, 1.82) is 0 Å². The smallest absolute Gasteiger partial charge is 0.422 e. The monoisotopic (exact) mass is 257 g/mol. The van der Waals surface area contributed by atoms with E-state index < -0.39 is 12.8 Å². The first kappa shape index (κ1) is 14.3. The van der Waals surface area contributed by atoms with Gasteiger partial charge in [0.15, 0.2) is 6.61 Å². The summed E-state index contributed by atoms with van der Waals surface area (Å²) in [4.78, 5) is 3.96. The molecule has 1 heterocycles. The van der Waals surface area contributed by atoms with E-state index in [1.54, 1.807) is 18.2 Å². The lowest BCUT2D eigenvalue weighted by molar-refractivity contribution is -0.154. The molecule has 0 unspecified atom stereocenters. The molecule has 0 bridgehead atoms. The predicted molar refractivity (Wildman–Crippen MR) is 64.6 cm³/mol. The van der Waals surface area contributed by atoms with E-state index in [1.165, 1.54) is 6.07 Å². The topological polar surface area (TPSA) is 22.1 Å². The Kier molecular flexibility index (Phi) is 4.95. The summed E-state index contributed by atoms with van der Waals surface area (Å²) in [5.41, 5.74) is 0.613. The van der Waals surface area contributed by atoms with Crippen LogP contribution in [-0.2, 0) is 0 Å². The molecular formula is C13H14F3NO. The van der Waals surface area contributed by atoms with Gasteiger partial charge in [0.1, 0.15) is 0 Å². The van der Waals surface area contributed by atoms with Gasteiger partial charge in [-0.3, -0.25) is 0 Å². The van der Waals surface area contributed by atoms with Crippen LogP contribution in [0.3, 0.4) is 0 Å². The predicted octanol–water partition coefficient (Wildman–Crippen LogP) is 4.20. The summed E-state index contributed by atoms with van der Waals surface area (Å²) in [6, 6.07) is 10.2. The zero-order valence-electron chi connectivity index (χ0n) is 10.2. The number of ether oxygens (including phenoxy) is 1. The molecule has 1 aromatic heterocycles. The number of hydrogen-bond acceptors (Lipinski definition) is 2. The highest BCUT2D eigenvalue weighted by Crippen LogP contribution is 2.19. The summed E-state index contributed by atoms with van der Waals surface area (Å²) in [7, 11) is 0. The summed E-state index contributed by atoms with van der Waals surface area (Å²) in [6.07, 6.45) is -4.34. The molecule has 0 radical (unpaired) electrons. The summed E-state index contributed by atoms with van der Waals surface area (Å²) < 4.78 is 40.2. The molecule has 0 N–H and O–H groups in total. The number of nitrogens with zero attached hydrogens (tertiary/aromatic N) is 1. The van der Waals surface area contributed by atoms with Crippen LogP contribution in [0.5, 0.6) is 5.88 Å². The van der Waals surface area contributed by atoms with Gasteiger partial charge in [-0.2, -0.15) is 13.2 Å². The maximum absolute atomic E-state index is 11.9. The van der Waals surface area contributed by atoms with Gasteiger partial charge < -0.3 is 4.74 Å². The molecule has 0 aliphatic rings. The number of benzene rings is 1. The second-order valence-electron chi connectivity index (χ2n) is 3.25. The van der Waals surface area contributed by atoms with Crippen molar-refractivity contribution in [1.82, 2.24) is 4.98 Å². The molecule has 2 nitrogen and oxygen atoms in total. The van der Waals surface area contributed by atoms with Crippen molar-refractivity contribution in [3.05, 3.63) is 36.4 Å². The number of aromatic nitrogens is 1. The molecule has 18 heavy (non-hydrogen) atoms. The van der Waals surface area contributed by atoms with E-state index in [0.717, 1.165) is 5.39 Å². The summed E-state index contributed by atoms with van der Waals surface area (Å²) in [5, 5.41) is 0.863. The molecule has 0 fully saturated rings. The lowest BCUT2D eigenvalue weighted by Gasteiger charge is -2.08. The van der Waals surface area contributed by atoms with Crippen LogP contribution in [0.2, 0.25) is 0 Å². The number of hydrogen-bond donors (Lipinski definition) is 0. The molecule has 5 heteroatoms. The third-order valence-electron chi connectivity index (χ3n) is 1.96. The quantitative estimate of drug-likeness (QED) is 0.804. The molecule has 0 aliphatic carbocycles. The Morgan fingerprint density at radius 3 is 2.39 bits per heavy atom. The summed E-state index contributed by atoms with van der Waals surface area (Å²) in [6.45, 7) is 2.68. The van der Waals surface area contributed by atoms with Crippen LogP contribution in [0, 0.1) is 0 Å². The minimum absolute atomic E-state index is 0.0176. The molecule has 0 atom stereocenters. The van der Waals surface area contributed by atoms with E-state index >= 15 is 0 Å². The van der Waals surface area contributed by atoms with Crippen molar-refractivity contribution in [2.75, 3.05) is 6.61 Å². The molecule has 0 aliphatic heterocycles. The van der Waals surface area contributed by atoms with Gasteiger partial charge in [0, 0.05) is 11.5 Å². The SMILES string of the molecule is CC.FC(F)(F)COc1ccc2ccccc2n1. The maximum atomic E-state index is 11.9. The average molecular weight is 257 g/mol. The fraction of sp³-hybridized carbons (Fsp3) is 0.308. The Bertz CT molecular complexity index is 497. The van der Waals surface area contributed by atoms with E-state index in [9.17, 15) is 13.2 Å². The average Bonchev–Trinajstić information content (AvgIpc) is 2.38. The fourth-order valence-corrected chi connectivity index (χ4v) is 1.28. The van der Waals surface area contributed by atoms with Gasteiger partial charge in [0.05, 0.1) is 5.52 Å². The highest BCUT2D eigenvalue weighted by atomic mass is 19.4. The van der Waals surface area contributed by atoms with Crippen molar-refractivity contribution in [3.63, 3.8) is 0 Å². The number of alkyl halides is 3. The third kappa shape index (κ3) is 4.24. The Morgan fingerprint density at radius 1 is 1.06 bits per heavy atom. The molecule has 98 valence electrons.